The Hall–Kier alpha value is -1.26. The Balaban J connectivity index is 2.00. The molecule has 0 spiro atoms. The van der Waals surface area contributed by atoms with Gasteiger partial charge < -0.3 is 0 Å². The van der Waals surface area contributed by atoms with E-state index in [0.29, 0.717) is 27.9 Å². The molecule has 1 saturated carbocycles. The lowest BCUT2D eigenvalue weighted by atomic mass is 10.0. The maximum atomic E-state index is 6.30. The Labute approximate surface area is 127 Å². The zero-order valence-corrected chi connectivity index (χ0v) is 12.6. The zero-order valence-electron chi connectivity index (χ0n) is 11.1. The lowest BCUT2D eigenvalue weighted by molar-refractivity contribution is 0.715. The van der Waals surface area contributed by atoms with Crippen molar-refractivity contribution < 1.29 is 0 Å². The van der Waals surface area contributed by atoms with Crippen LogP contribution in [0.1, 0.15) is 42.7 Å². The lowest BCUT2D eigenvalue weighted by Gasteiger charge is -2.13. The van der Waals surface area contributed by atoms with E-state index in [1.165, 1.54) is 12.8 Å². The molecule has 0 unspecified atom stereocenters. The topological polar surface area (TPSA) is 51.6 Å². The molecule has 2 heterocycles. The standard InChI is InChI=1S/C14H14Cl2N4/c1-8-6-17-13(18-7-8)14-19-11(15)10(12(16)20-14)9-4-2-3-5-9/h6-7,9H,2-5H2,1H3. The molecule has 3 rings (SSSR count). The SMILES string of the molecule is Cc1cnc(-c2nc(Cl)c(C3CCCC3)c(Cl)n2)nc1. The molecular formula is C14H14Cl2N4. The van der Waals surface area contributed by atoms with Crippen LogP contribution in [0.5, 0.6) is 0 Å². The van der Waals surface area contributed by atoms with Gasteiger partial charge in [0, 0.05) is 18.0 Å². The van der Waals surface area contributed by atoms with Gasteiger partial charge in [-0.05, 0) is 31.2 Å². The first-order valence-electron chi connectivity index (χ1n) is 6.67. The molecule has 0 saturated heterocycles. The van der Waals surface area contributed by atoms with Gasteiger partial charge in [0.2, 0.25) is 5.82 Å². The number of nitrogens with zero attached hydrogens (tertiary/aromatic N) is 4. The van der Waals surface area contributed by atoms with Gasteiger partial charge in [0.15, 0.2) is 5.82 Å². The average Bonchev–Trinajstić information content (AvgIpc) is 2.92. The molecule has 2 aromatic heterocycles. The molecule has 0 aliphatic heterocycles. The average molecular weight is 309 g/mol. The summed E-state index contributed by atoms with van der Waals surface area (Å²) in [6.07, 6.45) is 8.06. The van der Waals surface area contributed by atoms with Crippen molar-refractivity contribution in [1.82, 2.24) is 19.9 Å². The fourth-order valence-corrected chi connectivity index (χ4v) is 3.27. The first kappa shape index (κ1) is 13.7. The summed E-state index contributed by atoms with van der Waals surface area (Å²) in [6.45, 7) is 1.92. The largest absolute Gasteiger partial charge is 0.234 e. The number of aryl methyl sites for hydroxylation is 1. The van der Waals surface area contributed by atoms with Crippen molar-refractivity contribution in [1.29, 1.82) is 0 Å². The van der Waals surface area contributed by atoms with E-state index in [0.717, 1.165) is 24.0 Å². The second-order valence-corrected chi connectivity index (χ2v) is 5.82. The van der Waals surface area contributed by atoms with Crippen LogP contribution in [-0.2, 0) is 0 Å². The van der Waals surface area contributed by atoms with Crippen LogP contribution in [0.25, 0.3) is 11.6 Å². The summed E-state index contributed by atoms with van der Waals surface area (Å²) in [5, 5.41) is 0.854. The minimum absolute atomic E-state index is 0.377. The van der Waals surface area contributed by atoms with Crippen LogP contribution in [0.15, 0.2) is 12.4 Å². The van der Waals surface area contributed by atoms with E-state index in [2.05, 4.69) is 19.9 Å². The lowest BCUT2D eigenvalue weighted by Crippen LogP contribution is -2.03. The molecule has 104 valence electrons. The maximum absolute atomic E-state index is 6.30. The summed E-state index contributed by atoms with van der Waals surface area (Å²) in [4.78, 5) is 17.1. The van der Waals surface area contributed by atoms with E-state index in [-0.39, 0.29) is 0 Å². The first-order chi connectivity index (χ1) is 9.65. The predicted octanol–water partition coefficient (Wildman–Crippen LogP) is 4.21. The fraction of sp³-hybridized carbons (Fsp3) is 0.429. The summed E-state index contributed by atoms with van der Waals surface area (Å²) in [7, 11) is 0. The van der Waals surface area contributed by atoms with Crippen molar-refractivity contribution in [3.8, 4) is 11.6 Å². The highest BCUT2D eigenvalue weighted by Gasteiger charge is 2.25. The van der Waals surface area contributed by atoms with Gasteiger partial charge in [0.25, 0.3) is 0 Å². The third-order valence-corrected chi connectivity index (χ3v) is 4.17. The summed E-state index contributed by atoms with van der Waals surface area (Å²) < 4.78 is 0. The second kappa shape index (κ2) is 5.62. The molecule has 0 atom stereocenters. The highest BCUT2D eigenvalue weighted by atomic mass is 35.5. The van der Waals surface area contributed by atoms with Gasteiger partial charge in [-0.1, -0.05) is 36.0 Å². The van der Waals surface area contributed by atoms with Crippen LogP contribution in [0.4, 0.5) is 0 Å². The highest BCUT2D eigenvalue weighted by Crippen LogP contribution is 2.40. The smallest absolute Gasteiger partial charge is 0.200 e. The van der Waals surface area contributed by atoms with Crippen LogP contribution in [0, 0.1) is 6.92 Å². The van der Waals surface area contributed by atoms with Gasteiger partial charge in [0.1, 0.15) is 10.3 Å². The first-order valence-corrected chi connectivity index (χ1v) is 7.42. The molecule has 20 heavy (non-hydrogen) atoms. The summed E-state index contributed by atoms with van der Waals surface area (Å²) in [5.74, 6) is 1.20. The molecule has 0 amide bonds. The molecule has 1 aliphatic carbocycles. The normalized spacial score (nSPS) is 15.8. The molecule has 0 bridgehead atoms. The van der Waals surface area contributed by atoms with Gasteiger partial charge in [0.05, 0.1) is 0 Å². The number of hydrogen-bond donors (Lipinski definition) is 0. The molecule has 0 aromatic carbocycles. The quantitative estimate of drug-likeness (QED) is 0.780. The monoisotopic (exact) mass is 308 g/mol. The number of halogens is 2. The van der Waals surface area contributed by atoms with Crippen LogP contribution >= 0.6 is 23.2 Å². The minimum Gasteiger partial charge on any atom is -0.234 e. The van der Waals surface area contributed by atoms with E-state index in [1.54, 1.807) is 12.4 Å². The summed E-state index contributed by atoms with van der Waals surface area (Å²) in [6, 6.07) is 0. The van der Waals surface area contributed by atoms with Crippen molar-refractivity contribution in [2.24, 2.45) is 0 Å². The Kier molecular flexibility index (Phi) is 3.85. The Morgan fingerprint density at radius 1 is 0.950 bits per heavy atom. The second-order valence-electron chi connectivity index (χ2n) is 5.11. The molecule has 6 heteroatoms. The molecule has 1 aliphatic rings. The predicted molar refractivity (Wildman–Crippen MR) is 79.0 cm³/mol. The summed E-state index contributed by atoms with van der Waals surface area (Å²) >= 11 is 12.6. The third-order valence-electron chi connectivity index (χ3n) is 3.60. The van der Waals surface area contributed by atoms with Crippen LogP contribution in [0.3, 0.4) is 0 Å². The maximum Gasteiger partial charge on any atom is 0.200 e. The van der Waals surface area contributed by atoms with E-state index in [9.17, 15) is 0 Å². The molecular weight excluding hydrogens is 295 g/mol. The van der Waals surface area contributed by atoms with E-state index >= 15 is 0 Å². The van der Waals surface area contributed by atoms with Crippen molar-refractivity contribution in [3.05, 3.63) is 33.8 Å². The van der Waals surface area contributed by atoms with Gasteiger partial charge in [-0.2, -0.15) is 0 Å². The molecule has 2 aromatic rings. The van der Waals surface area contributed by atoms with Crippen molar-refractivity contribution in [3.63, 3.8) is 0 Å². The van der Waals surface area contributed by atoms with Crippen molar-refractivity contribution >= 4 is 23.2 Å². The van der Waals surface area contributed by atoms with Crippen LogP contribution < -0.4 is 0 Å². The molecule has 0 radical (unpaired) electrons. The molecule has 1 fully saturated rings. The van der Waals surface area contributed by atoms with Crippen LogP contribution in [-0.4, -0.2) is 19.9 Å². The number of rotatable bonds is 2. The number of aromatic nitrogens is 4. The molecule has 0 N–H and O–H groups in total. The summed E-state index contributed by atoms with van der Waals surface area (Å²) in [5.41, 5.74) is 1.86. The zero-order chi connectivity index (χ0) is 14.1. The van der Waals surface area contributed by atoms with E-state index in [4.69, 9.17) is 23.2 Å². The molecule has 4 nitrogen and oxygen atoms in total. The van der Waals surface area contributed by atoms with Gasteiger partial charge in [-0.15, -0.1) is 0 Å². The fourth-order valence-electron chi connectivity index (χ4n) is 2.58. The Bertz CT molecular complexity index is 599. The van der Waals surface area contributed by atoms with Crippen LogP contribution in [0.2, 0.25) is 10.3 Å². The Morgan fingerprint density at radius 2 is 1.50 bits per heavy atom. The van der Waals surface area contributed by atoms with Gasteiger partial charge in [-0.3, -0.25) is 0 Å². The van der Waals surface area contributed by atoms with Crippen molar-refractivity contribution in [2.75, 3.05) is 0 Å². The minimum atomic E-state index is 0.377. The number of hydrogen-bond acceptors (Lipinski definition) is 4. The third kappa shape index (κ3) is 2.63. The van der Waals surface area contributed by atoms with E-state index < -0.39 is 0 Å². The highest BCUT2D eigenvalue weighted by molar-refractivity contribution is 6.34. The van der Waals surface area contributed by atoms with Crippen molar-refractivity contribution in [2.45, 2.75) is 38.5 Å². The Morgan fingerprint density at radius 3 is 2.05 bits per heavy atom. The van der Waals surface area contributed by atoms with Gasteiger partial charge in [-0.25, -0.2) is 19.9 Å². The van der Waals surface area contributed by atoms with Gasteiger partial charge >= 0.3 is 0 Å². The van der Waals surface area contributed by atoms with E-state index in [1.807, 2.05) is 6.92 Å².